The number of nitrogens with two attached hydrogens (primary N) is 1. The molecule has 0 aromatic heterocycles. The van der Waals surface area contributed by atoms with E-state index in [1.165, 1.54) is 32.1 Å². The summed E-state index contributed by atoms with van der Waals surface area (Å²) < 4.78 is 14.5. The topological polar surface area (TPSA) is 38.0 Å². The van der Waals surface area contributed by atoms with Crippen molar-refractivity contribution < 1.29 is 4.39 Å². The minimum Gasteiger partial charge on any atom is -0.271 e. The second-order valence-electron chi connectivity index (χ2n) is 4.92. The maximum absolute atomic E-state index is 14.0. The predicted octanol–water partition coefficient (Wildman–Crippen LogP) is 4.84. The molecule has 0 bridgehead atoms. The normalized spacial score (nSPS) is 12.6. The van der Waals surface area contributed by atoms with Crippen LogP contribution in [0.15, 0.2) is 22.7 Å². The standard InChI is InChI=1S/C15H24BrFN2/c1-2-3-4-5-6-7-11-14(19-18)12-9-8-10-13(16)15(12)17/h8-10,14,19H,2-7,11,18H2,1H3. The molecule has 0 aliphatic rings. The van der Waals surface area contributed by atoms with Crippen LogP contribution in [0.1, 0.15) is 63.5 Å². The smallest absolute Gasteiger partial charge is 0.142 e. The van der Waals surface area contributed by atoms with Crippen molar-refractivity contribution in [1.29, 1.82) is 0 Å². The highest BCUT2D eigenvalue weighted by atomic mass is 79.9. The fourth-order valence-electron chi connectivity index (χ4n) is 2.25. The van der Waals surface area contributed by atoms with Crippen LogP contribution in [0.3, 0.4) is 0 Å². The third kappa shape index (κ3) is 5.59. The highest BCUT2D eigenvalue weighted by molar-refractivity contribution is 9.10. The van der Waals surface area contributed by atoms with E-state index >= 15 is 0 Å². The van der Waals surface area contributed by atoms with Crippen molar-refractivity contribution in [3.05, 3.63) is 34.1 Å². The molecule has 0 saturated heterocycles. The average Bonchev–Trinajstić information content (AvgIpc) is 2.42. The Morgan fingerprint density at radius 2 is 1.89 bits per heavy atom. The summed E-state index contributed by atoms with van der Waals surface area (Å²) in [7, 11) is 0. The molecule has 0 spiro atoms. The summed E-state index contributed by atoms with van der Waals surface area (Å²) in [6, 6.07) is 5.23. The summed E-state index contributed by atoms with van der Waals surface area (Å²) in [5.41, 5.74) is 3.37. The monoisotopic (exact) mass is 330 g/mol. The molecule has 1 atom stereocenters. The molecule has 0 saturated carbocycles. The van der Waals surface area contributed by atoms with Crippen LogP contribution in [-0.4, -0.2) is 0 Å². The van der Waals surface area contributed by atoms with E-state index in [1.807, 2.05) is 6.07 Å². The van der Waals surface area contributed by atoms with Gasteiger partial charge in [0.25, 0.3) is 0 Å². The molecule has 0 amide bonds. The van der Waals surface area contributed by atoms with Crippen LogP contribution in [0.4, 0.5) is 4.39 Å². The van der Waals surface area contributed by atoms with Crippen LogP contribution in [-0.2, 0) is 0 Å². The molecule has 4 heteroatoms. The Bertz CT molecular complexity index is 371. The van der Waals surface area contributed by atoms with E-state index in [2.05, 4.69) is 28.3 Å². The Morgan fingerprint density at radius 3 is 2.58 bits per heavy atom. The molecule has 0 aliphatic heterocycles. The van der Waals surface area contributed by atoms with Crippen LogP contribution in [0.5, 0.6) is 0 Å². The van der Waals surface area contributed by atoms with E-state index in [-0.39, 0.29) is 11.9 Å². The quantitative estimate of drug-likeness (QED) is 0.386. The van der Waals surface area contributed by atoms with Gasteiger partial charge in [-0.1, -0.05) is 57.6 Å². The number of nitrogens with one attached hydrogen (secondary N) is 1. The van der Waals surface area contributed by atoms with Crippen LogP contribution in [0, 0.1) is 5.82 Å². The van der Waals surface area contributed by atoms with Crippen LogP contribution in [0.2, 0.25) is 0 Å². The number of rotatable bonds is 9. The molecule has 0 fully saturated rings. The number of halogens is 2. The molecule has 0 radical (unpaired) electrons. The summed E-state index contributed by atoms with van der Waals surface area (Å²) >= 11 is 3.21. The first-order chi connectivity index (χ1) is 9.20. The summed E-state index contributed by atoms with van der Waals surface area (Å²) in [5, 5.41) is 0. The van der Waals surface area contributed by atoms with Crippen molar-refractivity contribution in [1.82, 2.24) is 5.43 Å². The van der Waals surface area contributed by atoms with Crippen molar-refractivity contribution in [3.63, 3.8) is 0 Å². The minimum absolute atomic E-state index is 0.108. The number of unbranched alkanes of at least 4 members (excludes halogenated alkanes) is 5. The van der Waals surface area contributed by atoms with E-state index in [0.29, 0.717) is 10.0 Å². The molecule has 1 aromatic rings. The maximum atomic E-state index is 14.0. The molecule has 1 unspecified atom stereocenters. The highest BCUT2D eigenvalue weighted by Crippen LogP contribution is 2.26. The van der Waals surface area contributed by atoms with Gasteiger partial charge in [-0.05, 0) is 28.4 Å². The van der Waals surface area contributed by atoms with E-state index < -0.39 is 0 Å². The van der Waals surface area contributed by atoms with Gasteiger partial charge in [0.1, 0.15) is 5.82 Å². The van der Waals surface area contributed by atoms with Gasteiger partial charge in [-0.3, -0.25) is 11.3 Å². The van der Waals surface area contributed by atoms with Gasteiger partial charge in [0.2, 0.25) is 0 Å². The summed E-state index contributed by atoms with van der Waals surface area (Å²) in [6.45, 7) is 2.21. The molecule has 2 nitrogen and oxygen atoms in total. The fraction of sp³-hybridized carbons (Fsp3) is 0.600. The lowest BCUT2D eigenvalue weighted by Gasteiger charge is -2.17. The zero-order valence-corrected chi connectivity index (χ0v) is 13.2. The molecule has 1 rings (SSSR count). The summed E-state index contributed by atoms with van der Waals surface area (Å²) in [6.07, 6.45) is 8.25. The lowest BCUT2D eigenvalue weighted by Crippen LogP contribution is -2.28. The SMILES string of the molecule is CCCCCCCCC(NN)c1cccc(Br)c1F. The zero-order chi connectivity index (χ0) is 14.1. The van der Waals surface area contributed by atoms with Gasteiger partial charge in [0.15, 0.2) is 0 Å². The molecule has 0 aliphatic carbocycles. The van der Waals surface area contributed by atoms with Gasteiger partial charge in [-0.25, -0.2) is 4.39 Å². The van der Waals surface area contributed by atoms with E-state index in [1.54, 1.807) is 12.1 Å². The fourth-order valence-corrected chi connectivity index (χ4v) is 2.63. The van der Waals surface area contributed by atoms with Crippen LogP contribution in [0.25, 0.3) is 0 Å². The van der Waals surface area contributed by atoms with E-state index in [4.69, 9.17) is 5.84 Å². The molecule has 3 N–H and O–H groups in total. The third-order valence-electron chi connectivity index (χ3n) is 3.40. The van der Waals surface area contributed by atoms with Gasteiger partial charge >= 0.3 is 0 Å². The van der Waals surface area contributed by atoms with E-state index in [9.17, 15) is 4.39 Å². The Balaban J connectivity index is 2.43. The summed E-state index contributed by atoms with van der Waals surface area (Å²) in [4.78, 5) is 0. The van der Waals surface area contributed by atoms with Crippen molar-refractivity contribution in [2.75, 3.05) is 0 Å². The Morgan fingerprint density at radius 1 is 1.21 bits per heavy atom. The van der Waals surface area contributed by atoms with Crippen molar-refractivity contribution in [2.45, 2.75) is 57.9 Å². The van der Waals surface area contributed by atoms with Crippen molar-refractivity contribution in [2.24, 2.45) is 5.84 Å². The van der Waals surface area contributed by atoms with Gasteiger partial charge in [-0.2, -0.15) is 0 Å². The summed E-state index contributed by atoms with van der Waals surface area (Å²) in [5.74, 6) is 5.34. The Labute approximate surface area is 124 Å². The van der Waals surface area contributed by atoms with Gasteiger partial charge in [0, 0.05) is 11.6 Å². The first-order valence-electron chi connectivity index (χ1n) is 7.10. The predicted molar refractivity (Wildman–Crippen MR) is 82.2 cm³/mol. The average molecular weight is 331 g/mol. The second-order valence-corrected chi connectivity index (χ2v) is 5.77. The lowest BCUT2D eigenvalue weighted by molar-refractivity contribution is 0.456. The highest BCUT2D eigenvalue weighted by Gasteiger charge is 2.15. The lowest BCUT2D eigenvalue weighted by atomic mass is 9.99. The van der Waals surface area contributed by atoms with Crippen LogP contribution >= 0.6 is 15.9 Å². The Hall–Kier alpha value is -0.450. The van der Waals surface area contributed by atoms with Crippen molar-refractivity contribution in [3.8, 4) is 0 Å². The first-order valence-corrected chi connectivity index (χ1v) is 7.90. The van der Waals surface area contributed by atoms with Gasteiger partial charge in [-0.15, -0.1) is 0 Å². The number of benzene rings is 1. The molecule has 19 heavy (non-hydrogen) atoms. The van der Waals surface area contributed by atoms with Crippen LogP contribution < -0.4 is 11.3 Å². The second kappa shape index (κ2) is 9.45. The molecular formula is C15H24BrFN2. The molecule has 1 aromatic carbocycles. The Kier molecular flexibility index (Phi) is 8.26. The first kappa shape index (κ1) is 16.6. The number of hydrogen-bond acceptors (Lipinski definition) is 2. The number of hydrazine groups is 1. The third-order valence-corrected chi connectivity index (χ3v) is 4.02. The zero-order valence-electron chi connectivity index (χ0n) is 11.6. The largest absolute Gasteiger partial charge is 0.271 e. The van der Waals surface area contributed by atoms with Gasteiger partial charge in [0.05, 0.1) is 4.47 Å². The van der Waals surface area contributed by atoms with Gasteiger partial charge < -0.3 is 0 Å². The molecule has 108 valence electrons. The van der Waals surface area contributed by atoms with Crippen molar-refractivity contribution >= 4 is 15.9 Å². The molecular weight excluding hydrogens is 307 g/mol. The maximum Gasteiger partial charge on any atom is 0.142 e. The van der Waals surface area contributed by atoms with E-state index in [0.717, 1.165) is 12.8 Å². The number of hydrogen-bond donors (Lipinski definition) is 2. The molecule has 0 heterocycles. The minimum atomic E-state index is -0.212.